The van der Waals surface area contributed by atoms with Gasteiger partial charge in [0.1, 0.15) is 0 Å². The molecule has 0 saturated heterocycles. The zero-order chi connectivity index (χ0) is 20.6. The van der Waals surface area contributed by atoms with E-state index < -0.39 is 17.6 Å². The number of nitrogens with one attached hydrogen (secondary N) is 1. The zero-order valence-electron chi connectivity index (χ0n) is 14.4. The monoisotopic (exact) mass is 478 g/mol. The molecular formula is C19H10BrF3N4OS. The summed E-state index contributed by atoms with van der Waals surface area (Å²) in [4.78, 5) is 24.6. The number of carbonyl (C=O) groups excluding carboxylic acids is 1. The Hall–Kier alpha value is -2.85. The van der Waals surface area contributed by atoms with E-state index in [1.54, 1.807) is 36.4 Å². The Kier molecular flexibility index (Phi) is 5.05. The second-order valence-corrected chi connectivity index (χ2v) is 7.85. The molecule has 0 saturated carbocycles. The highest BCUT2D eigenvalue weighted by Crippen LogP contribution is 2.40. The number of rotatable bonds is 3. The van der Waals surface area contributed by atoms with Crippen molar-refractivity contribution in [3.05, 3.63) is 70.5 Å². The number of pyridine rings is 2. The predicted molar refractivity (Wildman–Crippen MR) is 108 cm³/mol. The van der Waals surface area contributed by atoms with E-state index in [1.165, 1.54) is 12.4 Å². The topological polar surface area (TPSA) is 67.8 Å². The Balaban J connectivity index is 1.77. The standard InChI is InChI=1S/C19H10BrF3N4OS/c20-12-6-11(8-24-9-12)17(28)27-18-26-16-15(29-18)13(19(21,22)23)7-14(25-16)10-4-2-1-3-5-10/h1-9H,(H,25,26,27,28). The van der Waals surface area contributed by atoms with E-state index >= 15 is 0 Å². The first-order chi connectivity index (χ1) is 13.8. The molecule has 0 aliphatic heterocycles. The molecule has 0 spiro atoms. The molecule has 0 radical (unpaired) electrons. The van der Waals surface area contributed by atoms with Crippen LogP contribution in [0.2, 0.25) is 0 Å². The SMILES string of the molecule is O=C(Nc1nc2nc(-c3ccccc3)cc(C(F)(F)F)c2s1)c1cncc(Br)c1. The van der Waals surface area contributed by atoms with Crippen molar-refractivity contribution in [1.29, 1.82) is 0 Å². The van der Waals surface area contributed by atoms with Crippen molar-refractivity contribution < 1.29 is 18.0 Å². The van der Waals surface area contributed by atoms with Gasteiger partial charge in [-0.2, -0.15) is 18.2 Å². The van der Waals surface area contributed by atoms with Crippen LogP contribution in [0.25, 0.3) is 21.6 Å². The number of nitrogens with zero attached hydrogens (tertiary/aromatic N) is 3. The Morgan fingerprint density at radius 1 is 1.07 bits per heavy atom. The Labute approximate surface area is 174 Å². The van der Waals surface area contributed by atoms with Crippen LogP contribution in [0.15, 0.2) is 59.3 Å². The third kappa shape index (κ3) is 4.13. The molecule has 0 aliphatic carbocycles. The van der Waals surface area contributed by atoms with Crippen LogP contribution in [0.3, 0.4) is 0 Å². The number of hydrogen-bond acceptors (Lipinski definition) is 5. The van der Waals surface area contributed by atoms with Crippen LogP contribution in [0.4, 0.5) is 18.3 Å². The van der Waals surface area contributed by atoms with Crippen molar-refractivity contribution in [1.82, 2.24) is 15.0 Å². The zero-order valence-corrected chi connectivity index (χ0v) is 16.8. The summed E-state index contributed by atoms with van der Waals surface area (Å²) < 4.78 is 41.4. The first-order valence-electron chi connectivity index (χ1n) is 8.17. The highest BCUT2D eigenvalue weighted by Gasteiger charge is 2.35. The third-order valence-electron chi connectivity index (χ3n) is 3.92. The summed E-state index contributed by atoms with van der Waals surface area (Å²) in [5.41, 5.74) is 0.0194. The number of benzene rings is 1. The largest absolute Gasteiger partial charge is 0.417 e. The Morgan fingerprint density at radius 3 is 2.52 bits per heavy atom. The molecule has 0 fully saturated rings. The average molecular weight is 479 g/mol. The second-order valence-electron chi connectivity index (χ2n) is 5.94. The molecule has 1 aromatic carbocycles. The molecule has 4 aromatic rings. The van der Waals surface area contributed by atoms with E-state index in [0.29, 0.717) is 10.0 Å². The summed E-state index contributed by atoms with van der Waals surface area (Å²) >= 11 is 3.94. The number of fused-ring (bicyclic) bond motifs is 1. The van der Waals surface area contributed by atoms with E-state index in [9.17, 15) is 18.0 Å². The summed E-state index contributed by atoms with van der Waals surface area (Å²) in [6.07, 6.45) is -1.73. The van der Waals surface area contributed by atoms with Crippen LogP contribution < -0.4 is 5.32 Å². The van der Waals surface area contributed by atoms with Gasteiger partial charge in [-0.25, -0.2) is 4.98 Å². The first kappa shape index (κ1) is 19.5. The molecule has 0 aliphatic rings. The normalized spacial score (nSPS) is 11.6. The fourth-order valence-electron chi connectivity index (χ4n) is 2.64. The number of alkyl halides is 3. The Bertz CT molecular complexity index is 1210. The molecule has 3 heterocycles. The maximum atomic E-state index is 13.6. The molecule has 1 N–H and O–H groups in total. The van der Waals surface area contributed by atoms with Gasteiger partial charge in [0, 0.05) is 22.4 Å². The summed E-state index contributed by atoms with van der Waals surface area (Å²) in [6, 6.07) is 11.1. The molecule has 5 nitrogen and oxygen atoms in total. The fourth-order valence-corrected chi connectivity index (χ4v) is 3.94. The average Bonchev–Trinajstić information content (AvgIpc) is 3.09. The number of anilines is 1. The number of thiazole rings is 1. The number of amides is 1. The minimum atomic E-state index is -4.59. The van der Waals surface area contributed by atoms with E-state index in [1.807, 2.05) is 0 Å². The predicted octanol–water partition coefficient (Wildman–Crippen LogP) is 5.79. The van der Waals surface area contributed by atoms with Gasteiger partial charge in [-0.1, -0.05) is 41.7 Å². The summed E-state index contributed by atoms with van der Waals surface area (Å²) in [5, 5.41) is 2.53. The van der Waals surface area contributed by atoms with Crippen LogP contribution in [0.1, 0.15) is 15.9 Å². The van der Waals surface area contributed by atoms with Gasteiger partial charge in [0.25, 0.3) is 5.91 Å². The molecule has 0 atom stereocenters. The minimum absolute atomic E-state index is 0.0215. The van der Waals surface area contributed by atoms with Gasteiger partial charge in [0.05, 0.1) is 21.5 Å². The van der Waals surface area contributed by atoms with Gasteiger partial charge in [-0.3, -0.25) is 15.1 Å². The molecule has 29 heavy (non-hydrogen) atoms. The van der Waals surface area contributed by atoms with Gasteiger partial charge in [-0.05, 0) is 28.1 Å². The lowest BCUT2D eigenvalue weighted by molar-refractivity contribution is -0.136. The summed E-state index contributed by atoms with van der Waals surface area (Å²) in [7, 11) is 0. The molecule has 146 valence electrons. The number of carbonyl (C=O) groups is 1. The van der Waals surface area contributed by atoms with Crippen molar-refractivity contribution in [3.8, 4) is 11.3 Å². The number of aromatic nitrogens is 3. The van der Waals surface area contributed by atoms with Crippen LogP contribution in [-0.4, -0.2) is 20.9 Å². The van der Waals surface area contributed by atoms with E-state index in [2.05, 4.69) is 36.2 Å². The van der Waals surface area contributed by atoms with Crippen molar-refractivity contribution in [2.24, 2.45) is 0 Å². The molecule has 0 unspecified atom stereocenters. The van der Waals surface area contributed by atoms with Crippen molar-refractivity contribution >= 4 is 48.7 Å². The summed E-state index contributed by atoms with van der Waals surface area (Å²) in [6.45, 7) is 0. The van der Waals surface area contributed by atoms with Crippen LogP contribution in [0.5, 0.6) is 0 Å². The summed E-state index contributed by atoms with van der Waals surface area (Å²) in [5.74, 6) is -0.533. The van der Waals surface area contributed by atoms with Gasteiger partial charge in [-0.15, -0.1) is 0 Å². The molecule has 0 bridgehead atoms. The highest BCUT2D eigenvalue weighted by atomic mass is 79.9. The lowest BCUT2D eigenvalue weighted by atomic mass is 10.1. The lowest BCUT2D eigenvalue weighted by Gasteiger charge is -2.09. The van der Waals surface area contributed by atoms with Crippen LogP contribution in [-0.2, 0) is 6.18 Å². The van der Waals surface area contributed by atoms with E-state index in [4.69, 9.17) is 0 Å². The van der Waals surface area contributed by atoms with Crippen LogP contribution >= 0.6 is 27.3 Å². The number of halogens is 4. The molecule has 3 aromatic heterocycles. The van der Waals surface area contributed by atoms with E-state index in [0.717, 1.165) is 17.4 Å². The highest BCUT2D eigenvalue weighted by molar-refractivity contribution is 9.10. The van der Waals surface area contributed by atoms with Crippen LogP contribution in [0, 0.1) is 0 Å². The lowest BCUT2D eigenvalue weighted by Crippen LogP contribution is -2.11. The molecule has 1 amide bonds. The third-order valence-corrected chi connectivity index (χ3v) is 5.35. The molecule has 10 heteroatoms. The second kappa shape index (κ2) is 7.53. The van der Waals surface area contributed by atoms with Crippen molar-refractivity contribution in [3.63, 3.8) is 0 Å². The van der Waals surface area contributed by atoms with Gasteiger partial charge in [0.2, 0.25) is 0 Å². The first-order valence-corrected chi connectivity index (χ1v) is 9.78. The van der Waals surface area contributed by atoms with Crippen molar-refractivity contribution in [2.75, 3.05) is 5.32 Å². The van der Waals surface area contributed by atoms with Gasteiger partial charge < -0.3 is 0 Å². The maximum absolute atomic E-state index is 13.6. The quantitative estimate of drug-likeness (QED) is 0.404. The van der Waals surface area contributed by atoms with Crippen molar-refractivity contribution in [2.45, 2.75) is 6.18 Å². The molecular weight excluding hydrogens is 469 g/mol. The van der Waals surface area contributed by atoms with E-state index in [-0.39, 0.29) is 26.7 Å². The number of hydrogen-bond donors (Lipinski definition) is 1. The smallest absolute Gasteiger partial charge is 0.298 e. The maximum Gasteiger partial charge on any atom is 0.417 e. The van der Waals surface area contributed by atoms with Gasteiger partial charge >= 0.3 is 6.18 Å². The minimum Gasteiger partial charge on any atom is -0.298 e. The van der Waals surface area contributed by atoms with Gasteiger partial charge in [0.15, 0.2) is 10.8 Å². The Morgan fingerprint density at radius 2 is 1.83 bits per heavy atom. The molecule has 4 rings (SSSR count). The fraction of sp³-hybridized carbons (Fsp3) is 0.0526.